The summed E-state index contributed by atoms with van der Waals surface area (Å²) in [6.45, 7) is 4.16. The van der Waals surface area contributed by atoms with Gasteiger partial charge in [0.1, 0.15) is 5.00 Å². The molecule has 1 heterocycles. The average Bonchev–Trinajstić information content (AvgIpc) is 2.50. The van der Waals surface area contributed by atoms with Crippen molar-refractivity contribution in [2.45, 2.75) is 32.1 Å². The minimum absolute atomic E-state index is 0.0306. The first kappa shape index (κ1) is 9.52. The topological polar surface area (TPSA) is 63.3 Å². The summed E-state index contributed by atoms with van der Waals surface area (Å²) in [6, 6.07) is 0. The first-order valence-electron chi connectivity index (χ1n) is 4.58. The zero-order valence-electron chi connectivity index (χ0n) is 8.26. The highest BCUT2D eigenvalue weighted by Gasteiger charge is 2.37. The number of rotatable bonds is 1. The molecule has 0 radical (unpaired) electrons. The summed E-state index contributed by atoms with van der Waals surface area (Å²) in [5, 5.41) is 9.53. The number of anilines is 1. The van der Waals surface area contributed by atoms with Crippen LogP contribution in [0.1, 0.15) is 41.1 Å². The lowest BCUT2D eigenvalue weighted by molar-refractivity contribution is 0.0696. The molecule has 3 N–H and O–H groups in total. The van der Waals surface area contributed by atoms with Crippen molar-refractivity contribution in [2.75, 3.05) is 5.73 Å². The third-order valence-corrected chi connectivity index (χ3v) is 3.95. The van der Waals surface area contributed by atoms with Crippen LogP contribution in [-0.4, -0.2) is 11.1 Å². The molecule has 0 saturated heterocycles. The Labute approximate surface area is 86.6 Å². The van der Waals surface area contributed by atoms with E-state index >= 15 is 0 Å². The molecule has 1 aliphatic carbocycles. The van der Waals surface area contributed by atoms with E-state index in [0.717, 1.165) is 23.3 Å². The number of nitrogen functional groups attached to an aromatic ring is 1. The van der Waals surface area contributed by atoms with Crippen LogP contribution in [0.15, 0.2) is 0 Å². The lowest BCUT2D eigenvalue weighted by atomic mass is 9.85. The molecular weight excluding hydrogens is 198 g/mol. The summed E-state index contributed by atoms with van der Waals surface area (Å²) < 4.78 is 0. The van der Waals surface area contributed by atoms with Gasteiger partial charge in [0, 0.05) is 4.88 Å². The number of fused-ring (bicyclic) bond motifs is 1. The highest BCUT2D eigenvalue weighted by Crippen LogP contribution is 2.46. The molecule has 4 heteroatoms. The first-order chi connectivity index (χ1) is 6.43. The summed E-state index contributed by atoms with van der Waals surface area (Å²) >= 11 is 1.43. The molecule has 76 valence electrons. The Hall–Kier alpha value is -1.03. The van der Waals surface area contributed by atoms with E-state index in [2.05, 4.69) is 13.8 Å². The molecule has 14 heavy (non-hydrogen) atoms. The van der Waals surface area contributed by atoms with Crippen LogP contribution in [0.3, 0.4) is 0 Å². The average molecular weight is 211 g/mol. The van der Waals surface area contributed by atoms with Gasteiger partial charge in [-0.2, -0.15) is 0 Å². The fourth-order valence-corrected chi connectivity index (χ4v) is 3.39. The number of carboxylic acids is 1. The fraction of sp³-hybridized carbons (Fsp3) is 0.500. The molecular formula is C10H13NO2S. The normalized spacial score (nSPS) is 18.1. The molecule has 1 aromatic rings. The summed E-state index contributed by atoms with van der Waals surface area (Å²) in [4.78, 5) is 12.2. The molecule has 0 saturated carbocycles. The number of thiophene rings is 1. The smallest absolute Gasteiger partial charge is 0.339 e. The van der Waals surface area contributed by atoms with Gasteiger partial charge in [-0.3, -0.25) is 0 Å². The predicted molar refractivity (Wildman–Crippen MR) is 57.0 cm³/mol. The van der Waals surface area contributed by atoms with Gasteiger partial charge in [-0.25, -0.2) is 4.79 Å². The van der Waals surface area contributed by atoms with Crippen LogP contribution in [-0.2, 0) is 11.8 Å². The van der Waals surface area contributed by atoms with Crippen molar-refractivity contribution < 1.29 is 9.90 Å². The Morgan fingerprint density at radius 2 is 2.21 bits per heavy atom. The Kier molecular flexibility index (Phi) is 1.86. The minimum Gasteiger partial charge on any atom is -0.478 e. The number of aromatic carboxylic acids is 1. The summed E-state index contributed by atoms with van der Waals surface area (Å²) in [5.41, 5.74) is 6.99. The van der Waals surface area contributed by atoms with Crippen LogP contribution in [0.2, 0.25) is 0 Å². The lowest BCUT2D eigenvalue weighted by Crippen LogP contribution is -2.16. The maximum atomic E-state index is 11.1. The van der Waals surface area contributed by atoms with Crippen molar-refractivity contribution in [3.05, 3.63) is 16.0 Å². The second-order valence-corrected chi connectivity index (χ2v) is 5.47. The third kappa shape index (κ3) is 1.14. The second-order valence-electron chi connectivity index (χ2n) is 4.33. The van der Waals surface area contributed by atoms with Gasteiger partial charge in [-0.15, -0.1) is 11.3 Å². The Morgan fingerprint density at radius 1 is 1.57 bits per heavy atom. The van der Waals surface area contributed by atoms with Gasteiger partial charge in [-0.05, 0) is 23.8 Å². The van der Waals surface area contributed by atoms with Crippen LogP contribution in [0.4, 0.5) is 5.00 Å². The molecule has 0 spiro atoms. The van der Waals surface area contributed by atoms with Crippen LogP contribution < -0.4 is 5.73 Å². The zero-order valence-corrected chi connectivity index (χ0v) is 9.07. The molecule has 0 aromatic carbocycles. The lowest BCUT2D eigenvalue weighted by Gasteiger charge is -2.18. The van der Waals surface area contributed by atoms with Crippen molar-refractivity contribution in [1.29, 1.82) is 0 Å². The largest absolute Gasteiger partial charge is 0.478 e. The quantitative estimate of drug-likeness (QED) is 0.748. The van der Waals surface area contributed by atoms with Gasteiger partial charge in [0.15, 0.2) is 0 Å². The van der Waals surface area contributed by atoms with E-state index < -0.39 is 5.97 Å². The monoisotopic (exact) mass is 211 g/mol. The highest BCUT2D eigenvalue weighted by molar-refractivity contribution is 7.16. The first-order valence-corrected chi connectivity index (χ1v) is 5.40. The van der Waals surface area contributed by atoms with Gasteiger partial charge in [0.05, 0.1) is 5.56 Å². The van der Waals surface area contributed by atoms with Crippen molar-refractivity contribution in [2.24, 2.45) is 0 Å². The number of aryl methyl sites for hydroxylation is 1. The van der Waals surface area contributed by atoms with E-state index in [9.17, 15) is 4.79 Å². The maximum Gasteiger partial charge on any atom is 0.339 e. The van der Waals surface area contributed by atoms with E-state index in [-0.39, 0.29) is 5.41 Å². The number of carboxylic acid groups (broad SMARTS) is 1. The predicted octanol–water partition coefficient (Wildman–Crippen LogP) is 2.25. The summed E-state index contributed by atoms with van der Waals surface area (Å²) in [5.74, 6) is -0.894. The number of nitrogens with two attached hydrogens (primary N) is 1. The van der Waals surface area contributed by atoms with E-state index in [1.165, 1.54) is 11.3 Å². The van der Waals surface area contributed by atoms with Crippen molar-refractivity contribution in [3.63, 3.8) is 0 Å². The third-order valence-electron chi connectivity index (χ3n) is 2.88. The molecule has 2 rings (SSSR count). The molecule has 1 aliphatic rings. The molecule has 0 fully saturated rings. The molecule has 0 amide bonds. The molecule has 0 aliphatic heterocycles. The standard InChI is InChI=1S/C10H13NO2S/c1-10(2)4-3-5-7(10)6(9(12)13)8(11)14-5/h3-4,11H2,1-2H3,(H,12,13). The van der Waals surface area contributed by atoms with Gasteiger partial charge in [0.2, 0.25) is 0 Å². The van der Waals surface area contributed by atoms with E-state index in [0.29, 0.717) is 10.6 Å². The van der Waals surface area contributed by atoms with Crippen LogP contribution in [0.5, 0.6) is 0 Å². The Balaban J connectivity index is 2.68. The van der Waals surface area contributed by atoms with Gasteiger partial charge < -0.3 is 10.8 Å². The molecule has 0 unspecified atom stereocenters. The van der Waals surface area contributed by atoms with E-state index in [4.69, 9.17) is 10.8 Å². The number of hydrogen-bond acceptors (Lipinski definition) is 3. The minimum atomic E-state index is -0.894. The van der Waals surface area contributed by atoms with E-state index in [1.54, 1.807) is 0 Å². The second kappa shape index (κ2) is 2.73. The Bertz CT molecular complexity index is 406. The SMILES string of the molecule is CC1(C)CCc2sc(N)c(C(=O)O)c21. The number of carbonyl (C=O) groups is 1. The highest BCUT2D eigenvalue weighted by atomic mass is 32.1. The number of hydrogen-bond donors (Lipinski definition) is 2. The van der Waals surface area contributed by atoms with Crippen LogP contribution >= 0.6 is 11.3 Å². The molecule has 1 aromatic heterocycles. The van der Waals surface area contributed by atoms with Crippen LogP contribution in [0, 0.1) is 0 Å². The van der Waals surface area contributed by atoms with Crippen molar-refractivity contribution in [3.8, 4) is 0 Å². The van der Waals surface area contributed by atoms with E-state index in [1.807, 2.05) is 0 Å². The molecule has 3 nitrogen and oxygen atoms in total. The van der Waals surface area contributed by atoms with Gasteiger partial charge in [0.25, 0.3) is 0 Å². The van der Waals surface area contributed by atoms with Crippen molar-refractivity contribution >= 4 is 22.3 Å². The Morgan fingerprint density at radius 3 is 2.79 bits per heavy atom. The van der Waals surface area contributed by atoms with Gasteiger partial charge in [-0.1, -0.05) is 13.8 Å². The zero-order chi connectivity index (χ0) is 10.5. The molecule has 0 bridgehead atoms. The van der Waals surface area contributed by atoms with Gasteiger partial charge >= 0.3 is 5.97 Å². The summed E-state index contributed by atoms with van der Waals surface area (Å²) in [6.07, 6.45) is 1.99. The van der Waals surface area contributed by atoms with Crippen LogP contribution in [0.25, 0.3) is 0 Å². The van der Waals surface area contributed by atoms with Crippen molar-refractivity contribution in [1.82, 2.24) is 0 Å². The fourth-order valence-electron chi connectivity index (χ4n) is 2.15. The molecule has 0 atom stereocenters. The maximum absolute atomic E-state index is 11.1. The summed E-state index contributed by atoms with van der Waals surface area (Å²) in [7, 11) is 0.